The third-order valence-corrected chi connectivity index (χ3v) is 9.28. The average Bonchev–Trinajstić information content (AvgIpc) is 3.01. The molecule has 2 amide bonds. The van der Waals surface area contributed by atoms with Crippen LogP contribution in [0.15, 0.2) is 72.8 Å². The van der Waals surface area contributed by atoms with E-state index in [1.165, 1.54) is 11.8 Å². The van der Waals surface area contributed by atoms with Crippen LogP contribution in [-0.2, 0) is 32.6 Å². The van der Waals surface area contributed by atoms with Crippen LogP contribution in [-0.4, -0.2) is 62.7 Å². The van der Waals surface area contributed by atoms with Gasteiger partial charge in [0.25, 0.3) is 0 Å². The van der Waals surface area contributed by atoms with Crippen LogP contribution in [0.2, 0.25) is 5.02 Å². The molecule has 1 heterocycles. The number of carbonyl (C=O) groups excluding carboxylic acids is 2. The Morgan fingerprint density at radius 3 is 2.30 bits per heavy atom. The number of ether oxygens (including phenoxy) is 2. The molecule has 1 aliphatic heterocycles. The van der Waals surface area contributed by atoms with Crippen LogP contribution in [0.5, 0.6) is 11.5 Å². The van der Waals surface area contributed by atoms with Gasteiger partial charge in [0.2, 0.25) is 21.8 Å². The van der Waals surface area contributed by atoms with Crippen molar-refractivity contribution in [1.29, 1.82) is 0 Å². The van der Waals surface area contributed by atoms with Gasteiger partial charge in [-0.2, -0.15) is 0 Å². The molecule has 2 atom stereocenters. The molecule has 230 valence electrons. The van der Waals surface area contributed by atoms with Crippen molar-refractivity contribution in [1.82, 2.24) is 10.2 Å². The minimum absolute atomic E-state index is 0.0476. The maximum Gasteiger partial charge on any atom is 0.244 e. The van der Waals surface area contributed by atoms with Crippen molar-refractivity contribution in [2.24, 2.45) is 0 Å². The van der Waals surface area contributed by atoms with Gasteiger partial charge in [0.1, 0.15) is 25.8 Å². The number of amides is 2. The molecule has 4 rings (SSSR count). The lowest BCUT2D eigenvalue weighted by molar-refractivity contribution is -0.140. The number of benzene rings is 3. The lowest BCUT2D eigenvalue weighted by atomic mass is 10.0. The number of nitrogens with zero attached hydrogens (tertiary/aromatic N) is 2. The quantitative estimate of drug-likeness (QED) is 0.291. The Bertz CT molecular complexity index is 1520. The van der Waals surface area contributed by atoms with E-state index in [1.807, 2.05) is 50.2 Å². The molecular weight excluding hydrogens is 590 g/mol. The molecule has 0 saturated heterocycles. The van der Waals surface area contributed by atoms with Gasteiger partial charge in [-0.3, -0.25) is 13.9 Å². The van der Waals surface area contributed by atoms with Crippen LogP contribution in [0, 0.1) is 0 Å². The lowest BCUT2D eigenvalue weighted by Crippen LogP contribution is -2.54. The fourth-order valence-corrected chi connectivity index (χ4v) is 6.00. The maximum atomic E-state index is 14.3. The summed E-state index contributed by atoms with van der Waals surface area (Å²) in [6.45, 7) is 5.64. The molecule has 11 heteroatoms. The van der Waals surface area contributed by atoms with Crippen molar-refractivity contribution >= 4 is 39.1 Å². The number of anilines is 1. The fraction of sp³-hybridized carbons (Fsp3) is 0.375. The van der Waals surface area contributed by atoms with Crippen molar-refractivity contribution in [3.05, 3.63) is 88.9 Å². The molecule has 0 bridgehead atoms. The molecule has 43 heavy (non-hydrogen) atoms. The number of nitrogens with one attached hydrogen (secondary N) is 1. The van der Waals surface area contributed by atoms with E-state index in [-0.39, 0.29) is 36.4 Å². The molecular formula is C32H38ClN3O6S. The second-order valence-electron chi connectivity index (χ2n) is 10.4. The molecule has 0 radical (unpaired) electrons. The third-order valence-electron chi connectivity index (χ3n) is 7.31. The zero-order valence-electron chi connectivity index (χ0n) is 24.7. The highest BCUT2D eigenvalue weighted by Gasteiger charge is 2.34. The van der Waals surface area contributed by atoms with Gasteiger partial charge >= 0.3 is 0 Å². The zero-order valence-corrected chi connectivity index (χ0v) is 26.2. The first-order valence-electron chi connectivity index (χ1n) is 14.4. The molecule has 0 saturated carbocycles. The van der Waals surface area contributed by atoms with Gasteiger partial charge in [0.15, 0.2) is 11.5 Å². The molecule has 0 fully saturated rings. The summed E-state index contributed by atoms with van der Waals surface area (Å²) in [6.07, 6.45) is 0.943. The molecule has 3 aromatic rings. The topological polar surface area (TPSA) is 105 Å². The summed E-state index contributed by atoms with van der Waals surface area (Å²) < 4.78 is 39.1. The number of hydrogen-bond donors (Lipinski definition) is 1. The van der Waals surface area contributed by atoms with Crippen molar-refractivity contribution < 1.29 is 27.5 Å². The van der Waals surface area contributed by atoms with E-state index in [4.69, 9.17) is 21.1 Å². The molecule has 0 aromatic heterocycles. The normalized spacial score (nSPS) is 14.0. The van der Waals surface area contributed by atoms with Crippen LogP contribution in [0.3, 0.4) is 0 Å². The summed E-state index contributed by atoms with van der Waals surface area (Å²) in [5.74, 6) is -0.184. The first-order chi connectivity index (χ1) is 20.6. The average molecular weight is 628 g/mol. The van der Waals surface area contributed by atoms with E-state index < -0.39 is 28.5 Å². The largest absolute Gasteiger partial charge is 0.486 e. The first kappa shape index (κ1) is 32.2. The first-order valence-corrected chi connectivity index (χ1v) is 16.4. The summed E-state index contributed by atoms with van der Waals surface area (Å²) in [5.41, 5.74) is 1.84. The second kappa shape index (κ2) is 14.6. The van der Waals surface area contributed by atoms with Crippen molar-refractivity contribution in [2.45, 2.75) is 52.2 Å². The summed E-state index contributed by atoms with van der Waals surface area (Å²) in [5, 5.41) is 3.51. The summed E-state index contributed by atoms with van der Waals surface area (Å²) in [7, 11) is -3.91. The number of hydrogen-bond acceptors (Lipinski definition) is 6. The molecule has 1 N–H and O–H groups in total. The predicted octanol–water partition coefficient (Wildman–Crippen LogP) is 4.82. The SMILES string of the molecule is CC[C@H](C)NC(=O)[C@@H](Cc1ccccc1)N(Cc1cccc(Cl)c1)C(=O)CN(c1ccc2c(c1)OCCO2)S(=O)(=O)CC. The van der Waals surface area contributed by atoms with Crippen LogP contribution in [0.25, 0.3) is 0 Å². The van der Waals surface area contributed by atoms with Gasteiger partial charge in [-0.15, -0.1) is 0 Å². The lowest BCUT2D eigenvalue weighted by Gasteiger charge is -2.34. The van der Waals surface area contributed by atoms with E-state index in [1.54, 1.807) is 36.4 Å². The number of rotatable bonds is 13. The number of fused-ring (bicyclic) bond motifs is 1. The Kier molecular flexibility index (Phi) is 10.9. The van der Waals surface area contributed by atoms with Crippen LogP contribution in [0.4, 0.5) is 5.69 Å². The van der Waals surface area contributed by atoms with E-state index in [9.17, 15) is 18.0 Å². The molecule has 0 unspecified atom stereocenters. The molecule has 1 aliphatic rings. The standard InChI is InChI=1S/C32H38ClN3O6S/c1-4-23(3)34-32(38)28(19-24-10-7-6-8-11-24)35(21-25-12-9-13-26(33)18-25)31(37)22-36(43(39,40)5-2)27-14-15-29-30(20-27)42-17-16-41-29/h6-15,18,20,23,28H,4-5,16-17,19,21-22H2,1-3H3,(H,34,38)/t23-,28+/m0/s1. The van der Waals surface area contributed by atoms with Crippen LogP contribution in [0.1, 0.15) is 38.3 Å². The van der Waals surface area contributed by atoms with Crippen molar-refractivity contribution in [3.8, 4) is 11.5 Å². The highest BCUT2D eigenvalue weighted by molar-refractivity contribution is 7.92. The van der Waals surface area contributed by atoms with E-state index >= 15 is 0 Å². The minimum Gasteiger partial charge on any atom is -0.486 e. The Morgan fingerprint density at radius 2 is 1.63 bits per heavy atom. The van der Waals surface area contributed by atoms with Crippen LogP contribution < -0.4 is 19.1 Å². The van der Waals surface area contributed by atoms with Gasteiger partial charge in [-0.25, -0.2) is 8.42 Å². The Hall–Kier alpha value is -3.76. The Labute approximate surface area is 258 Å². The number of carbonyl (C=O) groups is 2. The summed E-state index contributed by atoms with van der Waals surface area (Å²) in [6, 6.07) is 20.2. The Balaban J connectivity index is 1.75. The summed E-state index contributed by atoms with van der Waals surface area (Å²) in [4.78, 5) is 29.6. The van der Waals surface area contributed by atoms with Crippen molar-refractivity contribution in [2.75, 3.05) is 29.8 Å². The van der Waals surface area contributed by atoms with E-state index in [2.05, 4.69) is 5.32 Å². The van der Waals surface area contributed by atoms with Gasteiger partial charge in [-0.05, 0) is 55.7 Å². The summed E-state index contributed by atoms with van der Waals surface area (Å²) >= 11 is 6.28. The van der Waals surface area contributed by atoms with Gasteiger partial charge < -0.3 is 19.7 Å². The van der Waals surface area contributed by atoms with Gasteiger partial charge in [0, 0.05) is 30.1 Å². The molecule has 0 spiro atoms. The number of halogens is 1. The zero-order chi connectivity index (χ0) is 31.0. The third kappa shape index (κ3) is 8.42. The smallest absolute Gasteiger partial charge is 0.244 e. The minimum atomic E-state index is -3.91. The van der Waals surface area contributed by atoms with Crippen LogP contribution >= 0.6 is 11.6 Å². The van der Waals surface area contributed by atoms with E-state index in [0.29, 0.717) is 41.7 Å². The van der Waals surface area contributed by atoms with Crippen molar-refractivity contribution in [3.63, 3.8) is 0 Å². The fourth-order valence-electron chi connectivity index (χ4n) is 4.73. The monoisotopic (exact) mass is 627 g/mol. The molecule has 3 aromatic carbocycles. The predicted molar refractivity (Wildman–Crippen MR) is 168 cm³/mol. The van der Waals surface area contributed by atoms with E-state index in [0.717, 1.165) is 9.87 Å². The molecule has 0 aliphatic carbocycles. The van der Waals surface area contributed by atoms with Gasteiger partial charge in [-0.1, -0.05) is 61.0 Å². The Morgan fingerprint density at radius 1 is 0.930 bits per heavy atom. The number of sulfonamides is 1. The second-order valence-corrected chi connectivity index (χ2v) is 13.0. The van der Waals surface area contributed by atoms with Gasteiger partial charge in [0.05, 0.1) is 11.4 Å². The highest BCUT2D eigenvalue weighted by Crippen LogP contribution is 2.35. The molecule has 9 nitrogen and oxygen atoms in total. The maximum absolute atomic E-state index is 14.3. The highest BCUT2D eigenvalue weighted by atomic mass is 35.5.